The van der Waals surface area contributed by atoms with Crippen LogP contribution in [0.4, 0.5) is 0 Å². The molecular formula is C10H21NO3. The summed E-state index contributed by atoms with van der Waals surface area (Å²) in [5, 5.41) is 8.65. The molecule has 1 N–H and O–H groups in total. The fraction of sp³-hybridized carbons (Fsp3) is 0.900. The summed E-state index contributed by atoms with van der Waals surface area (Å²) < 4.78 is 4.93. The summed E-state index contributed by atoms with van der Waals surface area (Å²) in [5.41, 5.74) is 0. The Hall–Kier alpha value is -0.610. The molecule has 0 saturated heterocycles. The van der Waals surface area contributed by atoms with E-state index < -0.39 is 5.97 Å². The molecular weight excluding hydrogens is 182 g/mol. The predicted molar refractivity (Wildman–Crippen MR) is 55.5 cm³/mol. The molecule has 0 rings (SSSR count). The van der Waals surface area contributed by atoms with E-state index in [4.69, 9.17) is 9.84 Å². The van der Waals surface area contributed by atoms with Gasteiger partial charge in [0, 0.05) is 13.7 Å². The first-order valence-electron chi connectivity index (χ1n) is 5.13. The highest BCUT2D eigenvalue weighted by atomic mass is 16.5. The van der Waals surface area contributed by atoms with Crippen molar-refractivity contribution < 1.29 is 14.6 Å². The zero-order chi connectivity index (χ0) is 10.8. The van der Waals surface area contributed by atoms with Crippen LogP contribution >= 0.6 is 0 Å². The molecule has 0 fully saturated rings. The number of methoxy groups -OCH3 is 1. The number of hydrogen-bond acceptors (Lipinski definition) is 3. The lowest BCUT2D eigenvalue weighted by atomic mass is 10.3. The molecule has 14 heavy (non-hydrogen) atoms. The highest BCUT2D eigenvalue weighted by Crippen LogP contribution is 1.97. The van der Waals surface area contributed by atoms with Gasteiger partial charge in [-0.15, -0.1) is 0 Å². The van der Waals surface area contributed by atoms with Gasteiger partial charge in [0.1, 0.15) is 0 Å². The minimum Gasteiger partial charge on any atom is -0.480 e. The Bertz CT molecular complexity index is 150. The van der Waals surface area contributed by atoms with E-state index in [0.29, 0.717) is 0 Å². The van der Waals surface area contributed by atoms with Crippen LogP contribution in [0.25, 0.3) is 0 Å². The molecule has 0 aromatic heterocycles. The van der Waals surface area contributed by atoms with Gasteiger partial charge >= 0.3 is 5.97 Å². The number of unbranched alkanes of at least 4 members (excludes halogenated alkanes) is 1. The van der Waals surface area contributed by atoms with Crippen molar-refractivity contribution >= 4 is 5.97 Å². The van der Waals surface area contributed by atoms with Crippen molar-refractivity contribution in [3.8, 4) is 0 Å². The van der Waals surface area contributed by atoms with Crippen molar-refractivity contribution in [3.05, 3.63) is 0 Å². The largest absolute Gasteiger partial charge is 0.480 e. The Kier molecular flexibility index (Phi) is 8.57. The second-order valence-electron chi connectivity index (χ2n) is 3.37. The third kappa shape index (κ3) is 8.01. The lowest BCUT2D eigenvalue weighted by Crippen LogP contribution is -2.31. The smallest absolute Gasteiger partial charge is 0.317 e. The molecule has 0 saturated carbocycles. The van der Waals surface area contributed by atoms with Crippen molar-refractivity contribution in [2.45, 2.75) is 26.2 Å². The van der Waals surface area contributed by atoms with E-state index >= 15 is 0 Å². The quantitative estimate of drug-likeness (QED) is 0.572. The number of ether oxygens (including phenoxy) is 1. The molecule has 0 aliphatic rings. The average molecular weight is 203 g/mol. The van der Waals surface area contributed by atoms with Crippen LogP contribution < -0.4 is 0 Å². The summed E-state index contributed by atoms with van der Waals surface area (Å²) in [6.45, 7) is 4.68. The average Bonchev–Trinajstić information content (AvgIpc) is 2.12. The maximum Gasteiger partial charge on any atom is 0.317 e. The van der Waals surface area contributed by atoms with Gasteiger partial charge in [-0.25, -0.2) is 0 Å². The predicted octanol–water partition coefficient (Wildman–Crippen LogP) is 1.21. The molecule has 0 atom stereocenters. The Labute approximate surface area is 85.9 Å². The summed E-state index contributed by atoms with van der Waals surface area (Å²) in [7, 11) is 1.68. The van der Waals surface area contributed by atoms with Gasteiger partial charge in [0.25, 0.3) is 0 Å². The van der Waals surface area contributed by atoms with Crippen molar-refractivity contribution in [1.82, 2.24) is 4.90 Å². The molecule has 0 aliphatic carbocycles. The summed E-state index contributed by atoms with van der Waals surface area (Å²) >= 11 is 0. The fourth-order valence-corrected chi connectivity index (χ4v) is 1.36. The van der Waals surface area contributed by atoms with E-state index in [9.17, 15) is 4.79 Å². The van der Waals surface area contributed by atoms with Crippen molar-refractivity contribution in [3.63, 3.8) is 0 Å². The molecule has 84 valence electrons. The highest BCUT2D eigenvalue weighted by Gasteiger charge is 2.07. The van der Waals surface area contributed by atoms with Crippen LogP contribution in [-0.4, -0.2) is 49.3 Å². The Balaban J connectivity index is 3.56. The van der Waals surface area contributed by atoms with E-state index in [1.807, 2.05) is 4.90 Å². The molecule has 0 aromatic rings. The van der Waals surface area contributed by atoms with Gasteiger partial charge in [0.2, 0.25) is 0 Å². The third-order valence-corrected chi connectivity index (χ3v) is 1.97. The molecule has 0 spiro atoms. The molecule has 0 heterocycles. The third-order valence-electron chi connectivity index (χ3n) is 1.97. The number of nitrogens with zero attached hydrogens (tertiary/aromatic N) is 1. The Morgan fingerprint density at radius 2 is 2.07 bits per heavy atom. The van der Waals surface area contributed by atoms with Gasteiger partial charge in [-0.3, -0.25) is 9.69 Å². The number of carboxylic acids is 1. The standard InChI is InChI=1S/C10H21NO3/c1-3-6-11(9-10(12)13)7-4-5-8-14-2/h3-9H2,1-2H3,(H,12,13). The monoisotopic (exact) mass is 203 g/mol. The molecule has 0 radical (unpaired) electrons. The van der Waals surface area contributed by atoms with Crippen LogP contribution in [-0.2, 0) is 9.53 Å². The van der Waals surface area contributed by atoms with Gasteiger partial charge in [-0.1, -0.05) is 6.92 Å². The van der Waals surface area contributed by atoms with Gasteiger partial charge < -0.3 is 9.84 Å². The van der Waals surface area contributed by atoms with Gasteiger partial charge in [-0.05, 0) is 32.4 Å². The Morgan fingerprint density at radius 3 is 2.57 bits per heavy atom. The van der Waals surface area contributed by atoms with Crippen LogP contribution in [0.3, 0.4) is 0 Å². The lowest BCUT2D eigenvalue weighted by Gasteiger charge is -2.18. The van der Waals surface area contributed by atoms with E-state index in [1.54, 1.807) is 7.11 Å². The van der Waals surface area contributed by atoms with Crippen LogP contribution in [0.15, 0.2) is 0 Å². The SMILES string of the molecule is CCCN(CCCCOC)CC(=O)O. The molecule has 0 bridgehead atoms. The maximum absolute atomic E-state index is 10.5. The fourth-order valence-electron chi connectivity index (χ4n) is 1.36. The topological polar surface area (TPSA) is 49.8 Å². The van der Waals surface area contributed by atoms with Crippen molar-refractivity contribution in [1.29, 1.82) is 0 Å². The van der Waals surface area contributed by atoms with Crippen LogP contribution in [0.5, 0.6) is 0 Å². The van der Waals surface area contributed by atoms with E-state index in [0.717, 1.165) is 39.0 Å². The molecule has 0 aromatic carbocycles. The molecule has 0 aliphatic heterocycles. The van der Waals surface area contributed by atoms with Crippen LogP contribution in [0.2, 0.25) is 0 Å². The minimum atomic E-state index is -0.745. The molecule has 0 unspecified atom stereocenters. The van der Waals surface area contributed by atoms with Gasteiger partial charge in [0.15, 0.2) is 0 Å². The first-order chi connectivity index (χ1) is 6.70. The molecule has 0 amide bonds. The zero-order valence-corrected chi connectivity index (χ0v) is 9.16. The summed E-state index contributed by atoms with van der Waals surface area (Å²) in [4.78, 5) is 12.5. The maximum atomic E-state index is 10.5. The number of carboxylic acid groups (broad SMARTS) is 1. The van der Waals surface area contributed by atoms with Gasteiger partial charge in [-0.2, -0.15) is 0 Å². The molecule has 4 nitrogen and oxygen atoms in total. The van der Waals surface area contributed by atoms with Crippen molar-refractivity contribution in [2.75, 3.05) is 33.4 Å². The summed E-state index contributed by atoms with van der Waals surface area (Å²) in [5.74, 6) is -0.745. The van der Waals surface area contributed by atoms with Crippen LogP contribution in [0.1, 0.15) is 26.2 Å². The highest BCUT2D eigenvalue weighted by molar-refractivity contribution is 5.69. The first kappa shape index (κ1) is 13.4. The molecule has 4 heteroatoms. The zero-order valence-electron chi connectivity index (χ0n) is 9.16. The number of carbonyl (C=O) groups is 1. The normalized spacial score (nSPS) is 10.8. The number of aliphatic carboxylic acids is 1. The van der Waals surface area contributed by atoms with Gasteiger partial charge in [0.05, 0.1) is 6.54 Å². The second-order valence-corrected chi connectivity index (χ2v) is 3.37. The van der Waals surface area contributed by atoms with E-state index in [-0.39, 0.29) is 6.54 Å². The van der Waals surface area contributed by atoms with Crippen molar-refractivity contribution in [2.24, 2.45) is 0 Å². The summed E-state index contributed by atoms with van der Waals surface area (Å²) in [6, 6.07) is 0. The second kappa shape index (κ2) is 8.97. The van der Waals surface area contributed by atoms with E-state index in [1.165, 1.54) is 0 Å². The number of hydrogen-bond donors (Lipinski definition) is 1. The first-order valence-corrected chi connectivity index (χ1v) is 5.13. The summed E-state index contributed by atoms with van der Waals surface area (Å²) in [6.07, 6.45) is 3.00. The van der Waals surface area contributed by atoms with E-state index in [2.05, 4.69) is 6.92 Å². The Morgan fingerprint density at radius 1 is 1.36 bits per heavy atom. The van der Waals surface area contributed by atoms with Crippen LogP contribution in [0, 0.1) is 0 Å². The minimum absolute atomic E-state index is 0.154. The lowest BCUT2D eigenvalue weighted by molar-refractivity contribution is -0.138. The number of rotatable bonds is 9.